The molecule has 4 nitrogen and oxygen atoms in total. The minimum atomic E-state index is -0.00500. The summed E-state index contributed by atoms with van der Waals surface area (Å²) in [7, 11) is 0. The zero-order chi connectivity index (χ0) is 15.7. The standard InChI is InChI=1S/C17H29N3O/c1-5-8-9-14(6-2)12-19-17(21)15-10-13(4)20-16(11-15)18-7-3/h10-11,14H,5-9,12H2,1-4H3,(H,18,20)(H,19,21). The van der Waals surface area contributed by atoms with Gasteiger partial charge in [0, 0.05) is 24.3 Å². The van der Waals surface area contributed by atoms with Crippen molar-refractivity contribution in [3.05, 3.63) is 23.4 Å². The van der Waals surface area contributed by atoms with Crippen LogP contribution in [0.5, 0.6) is 0 Å². The van der Waals surface area contributed by atoms with Crippen LogP contribution in [0, 0.1) is 12.8 Å². The molecule has 4 heteroatoms. The van der Waals surface area contributed by atoms with Gasteiger partial charge in [0.25, 0.3) is 5.91 Å². The Bertz CT molecular complexity index is 446. The highest BCUT2D eigenvalue weighted by Crippen LogP contribution is 2.13. The van der Waals surface area contributed by atoms with Crippen LogP contribution in [0.3, 0.4) is 0 Å². The van der Waals surface area contributed by atoms with Crippen LogP contribution in [0.1, 0.15) is 62.5 Å². The second kappa shape index (κ2) is 9.37. The number of aromatic nitrogens is 1. The first-order valence-corrected chi connectivity index (χ1v) is 8.11. The van der Waals surface area contributed by atoms with Gasteiger partial charge in [0.2, 0.25) is 0 Å². The number of nitrogens with one attached hydrogen (secondary N) is 2. The van der Waals surface area contributed by atoms with Gasteiger partial charge in [-0.05, 0) is 38.3 Å². The Kier molecular flexibility index (Phi) is 7.80. The van der Waals surface area contributed by atoms with Gasteiger partial charge in [-0.3, -0.25) is 4.79 Å². The summed E-state index contributed by atoms with van der Waals surface area (Å²) in [5.74, 6) is 1.33. The zero-order valence-corrected chi connectivity index (χ0v) is 13.8. The molecule has 118 valence electrons. The Morgan fingerprint density at radius 1 is 1.29 bits per heavy atom. The van der Waals surface area contributed by atoms with Crippen molar-refractivity contribution in [3.8, 4) is 0 Å². The maximum atomic E-state index is 12.3. The van der Waals surface area contributed by atoms with Gasteiger partial charge in [-0.15, -0.1) is 0 Å². The molecule has 1 aromatic heterocycles. The van der Waals surface area contributed by atoms with E-state index in [-0.39, 0.29) is 5.91 Å². The van der Waals surface area contributed by atoms with Gasteiger partial charge >= 0.3 is 0 Å². The summed E-state index contributed by atoms with van der Waals surface area (Å²) in [5, 5.41) is 6.22. The highest BCUT2D eigenvalue weighted by molar-refractivity contribution is 5.95. The van der Waals surface area contributed by atoms with Gasteiger partial charge < -0.3 is 10.6 Å². The van der Waals surface area contributed by atoms with E-state index >= 15 is 0 Å². The van der Waals surface area contributed by atoms with E-state index in [4.69, 9.17) is 0 Å². The Morgan fingerprint density at radius 3 is 2.67 bits per heavy atom. The predicted octanol–water partition coefficient (Wildman–Crippen LogP) is 3.77. The molecule has 1 amide bonds. The highest BCUT2D eigenvalue weighted by Gasteiger charge is 2.11. The van der Waals surface area contributed by atoms with Crippen LogP contribution in [-0.2, 0) is 0 Å². The molecule has 0 aliphatic carbocycles. The van der Waals surface area contributed by atoms with E-state index in [2.05, 4.69) is 29.5 Å². The maximum Gasteiger partial charge on any atom is 0.251 e. The first-order valence-electron chi connectivity index (χ1n) is 8.11. The molecular formula is C17H29N3O. The van der Waals surface area contributed by atoms with Gasteiger partial charge in [-0.2, -0.15) is 0 Å². The first-order chi connectivity index (χ1) is 10.1. The van der Waals surface area contributed by atoms with Crippen LogP contribution >= 0.6 is 0 Å². The molecule has 0 radical (unpaired) electrons. The van der Waals surface area contributed by atoms with Crippen LogP contribution in [0.4, 0.5) is 5.82 Å². The molecule has 0 saturated carbocycles. The van der Waals surface area contributed by atoms with Crippen LogP contribution in [0.25, 0.3) is 0 Å². The number of nitrogens with zero attached hydrogens (tertiary/aromatic N) is 1. The number of aryl methyl sites for hydroxylation is 1. The molecule has 1 aromatic rings. The highest BCUT2D eigenvalue weighted by atomic mass is 16.1. The van der Waals surface area contributed by atoms with E-state index < -0.39 is 0 Å². The summed E-state index contributed by atoms with van der Waals surface area (Å²) in [4.78, 5) is 16.6. The number of hydrogen-bond acceptors (Lipinski definition) is 3. The molecule has 1 heterocycles. The van der Waals surface area contributed by atoms with Crippen LogP contribution in [0.2, 0.25) is 0 Å². The fourth-order valence-corrected chi connectivity index (χ4v) is 2.35. The third-order valence-electron chi connectivity index (χ3n) is 3.67. The lowest BCUT2D eigenvalue weighted by Crippen LogP contribution is -2.29. The molecule has 1 rings (SSSR count). The normalized spacial score (nSPS) is 12.0. The molecule has 21 heavy (non-hydrogen) atoms. The Morgan fingerprint density at radius 2 is 2.05 bits per heavy atom. The Labute approximate surface area is 128 Å². The zero-order valence-electron chi connectivity index (χ0n) is 13.8. The van der Waals surface area contributed by atoms with E-state index in [0.29, 0.717) is 11.5 Å². The molecule has 0 bridgehead atoms. The van der Waals surface area contributed by atoms with Crippen molar-refractivity contribution >= 4 is 11.7 Å². The quantitative estimate of drug-likeness (QED) is 0.728. The van der Waals surface area contributed by atoms with Gasteiger partial charge in [0.15, 0.2) is 0 Å². The number of rotatable bonds is 9. The molecule has 1 atom stereocenters. The van der Waals surface area contributed by atoms with E-state index in [1.54, 1.807) is 0 Å². The monoisotopic (exact) mass is 291 g/mol. The number of pyridine rings is 1. The van der Waals surface area contributed by atoms with Gasteiger partial charge in [0.05, 0.1) is 0 Å². The lowest BCUT2D eigenvalue weighted by molar-refractivity contribution is 0.0945. The summed E-state index contributed by atoms with van der Waals surface area (Å²) < 4.78 is 0. The van der Waals surface area contributed by atoms with Gasteiger partial charge in [-0.25, -0.2) is 4.98 Å². The largest absolute Gasteiger partial charge is 0.370 e. The van der Waals surface area contributed by atoms with Crippen LogP contribution in [-0.4, -0.2) is 24.0 Å². The Balaban J connectivity index is 2.62. The SMILES string of the molecule is CCCCC(CC)CNC(=O)c1cc(C)nc(NCC)c1. The van der Waals surface area contributed by atoms with E-state index in [1.165, 1.54) is 19.3 Å². The summed E-state index contributed by atoms with van der Waals surface area (Å²) in [5.41, 5.74) is 1.54. The van der Waals surface area contributed by atoms with E-state index in [1.807, 2.05) is 26.0 Å². The molecule has 0 saturated heterocycles. The molecule has 2 N–H and O–H groups in total. The van der Waals surface area contributed by atoms with Crippen molar-refractivity contribution in [1.82, 2.24) is 10.3 Å². The number of carbonyl (C=O) groups is 1. The topological polar surface area (TPSA) is 54.0 Å². The van der Waals surface area contributed by atoms with Crippen molar-refractivity contribution in [1.29, 1.82) is 0 Å². The summed E-state index contributed by atoms with van der Waals surface area (Å²) >= 11 is 0. The number of amides is 1. The van der Waals surface area contributed by atoms with Crippen molar-refractivity contribution in [2.45, 2.75) is 53.4 Å². The third-order valence-corrected chi connectivity index (χ3v) is 3.67. The summed E-state index contributed by atoms with van der Waals surface area (Å²) in [6.07, 6.45) is 4.73. The maximum absolute atomic E-state index is 12.3. The molecule has 0 spiro atoms. The molecule has 1 unspecified atom stereocenters. The lowest BCUT2D eigenvalue weighted by Gasteiger charge is -2.15. The number of unbranched alkanes of at least 4 members (excludes halogenated alkanes) is 1. The molecule has 0 aliphatic heterocycles. The third kappa shape index (κ3) is 6.15. The minimum Gasteiger partial charge on any atom is -0.370 e. The van der Waals surface area contributed by atoms with Crippen LogP contribution in [0.15, 0.2) is 12.1 Å². The first kappa shape index (κ1) is 17.5. The van der Waals surface area contributed by atoms with Gasteiger partial charge in [-0.1, -0.05) is 33.1 Å². The lowest BCUT2D eigenvalue weighted by atomic mass is 9.99. The van der Waals surface area contributed by atoms with Crippen molar-refractivity contribution in [2.75, 3.05) is 18.4 Å². The summed E-state index contributed by atoms with van der Waals surface area (Å²) in [6, 6.07) is 3.65. The number of hydrogen-bond donors (Lipinski definition) is 2. The van der Waals surface area contributed by atoms with E-state index in [9.17, 15) is 4.79 Å². The fourth-order valence-electron chi connectivity index (χ4n) is 2.35. The number of carbonyl (C=O) groups excluding carboxylic acids is 1. The van der Waals surface area contributed by atoms with Crippen molar-refractivity contribution in [3.63, 3.8) is 0 Å². The molecule has 0 fully saturated rings. The number of anilines is 1. The van der Waals surface area contributed by atoms with E-state index in [0.717, 1.165) is 31.0 Å². The average Bonchev–Trinajstić information content (AvgIpc) is 2.47. The second-order valence-corrected chi connectivity index (χ2v) is 5.54. The average molecular weight is 291 g/mol. The molecular weight excluding hydrogens is 262 g/mol. The predicted molar refractivity (Wildman–Crippen MR) is 88.8 cm³/mol. The summed E-state index contributed by atoms with van der Waals surface area (Å²) in [6.45, 7) is 9.87. The smallest absolute Gasteiger partial charge is 0.251 e. The fraction of sp³-hybridized carbons (Fsp3) is 0.647. The second-order valence-electron chi connectivity index (χ2n) is 5.54. The minimum absolute atomic E-state index is 0.00500. The van der Waals surface area contributed by atoms with Gasteiger partial charge in [0.1, 0.15) is 5.82 Å². The van der Waals surface area contributed by atoms with Crippen molar-refractivity contribution in [2.24, 2.45) is 5.92 Å². The molecule has 0 aromatic carbocycles. The molecule has 0 aliphatic rings. The van der Waals surface area contributed by atoms with Crippen LogP contribution < -0.4 is 10.6 Å². The van der Waals surface area contributed by atoms with Crippen molar-refractivity contribution < 1.29 is 4.79 Å². The Hall–Kier alpha value is -1.58.